The molecule has 0 heterocycles. The lowest BCUT2D eigenvalue weighted by molar-refractivity contribution is -0.220. The Hall–Kier alpha value is -0.340. The first kappa shape index (κ1) is 26.3. The summed E-state index contributed by atoms with van der Waals surface area (Å²) in [5.74, 6) is 1.95. The second kappa shape index (κ2) is 7.62. The van der Waals surface area contributed by atoms with Crippen LogP contribution in [0.25, 0.3) is 0 Å². The molecule has 0 bridgehead atoms. The molecule has 0 aromatic carbocycles. The summed E-state index contributed by atoms with van der Waals surface area (Å²) in [5.41, 5.74) is 3.83. The Morgan fingerprint density at radius 2 is 1.54 bits per heavy atom. The Morgan fingerprint density at radius 3 is 2.20 bits per heavy atom. The zero-order chi connectivity index (χ0) is 25.9. The molecule has 0 aromatic rings. The van der Waals surface area contributed by atoms with Gasteiger partial charge in [0.2, 0.25) is 0 Å². The van der Waals surface area contributed by atoms with E-state index >= 15 is 0 Å². The Labute approximate surface area is 217 Å². The molecule has 4 saturated carbocycles. The molecule has 35 heavy (non-hydrogen) atoms. The Bertz CT molecular complexity index is 901. The minimum absolute atomic E-state index is 0.128. The molecule has 9 atom stereocenters. The van der Waals surface area contributed by atoms with Gasteiger partial charge < -0.3 is 9.84 Å². The van der Waals surface area contributed by atoms with Crippen LogP contribution in [0.5, 0.6) is 0 Å². The normalized spacial score (nSPS) is 54.5. The third kappa shape index (κ3) is 3.20. The number of fused-ring (bicyclic) bond motifs is 7. The molecule has 5 rings (SSSR count). The quantitative estimate of drug-likeness (QED) is 0.398. The molecule has 200 valence electrons. The van der Waals surface area contributed by atoms with Gasteiger partial charge in [-0.3, -0.25) is 0 Å². The van der Waals surface area contributed by atoms with E-state index in [-0.39, 0.29) is 16.9 Å². The third-order valence-corrected chi connectivity index (χ3v) is 14.3. The van der Waals surface area contributed by atoms with E-state index in [1.165, 1.54) is 51.4 Å². The predicted molar refractivity (Wildman–Crippen MR) is 146 cm³/mol. The van der Waals surface area contributed by atoms with Gasteiger partial charge in [0.05, 0.1) is 12.7 Å². The molecular formula is C33H56O2. The van der Waals surface area contributed by atoms with E-state index in [4.69, 9.17) is 4.74 Å². The molecule has 0 spiro atoms. The van der Waals surface area contributed by atoms with Gasteiger partial charge >= 0.3 is 0 Å². The Balaban J connectivity index is 1.58. The number of hydrogen-bond acceptors (Lipinski definition) is 2. The summed E-state index contributed by atoms with van der Waals surface area (Å²) in [4.78, 5) is 0. The summed E-state index contributed by atoms with van der Waals surface area (Å²) in [5, 5.41) is 11.2. The number of hydrogen-bond donors (Lipinski definition) is 1. The molecule has 1 N–H and O–H groups in total. The van der Waals surface area contributed by atoms with Crippen LogP contribution in [0, 0.1) is 55.7 Å². The maximum atomic E-state index is 11.2. The van der Waals surface area contributed by atoms with Crippen molar-refractivity contribution in [2.24, 2.45) is 55.7 Å². The molecule has 0 amide bonds. The van der Waals surface area contributed by atoms with E-state index in [0.717, 1.165) is 12.3 Å². The van der Waals surface area contributed by atoms with Crippen LogP contribution in [0.3, 0.4) is 0 Å². The smallest absolute Gasteiger partial charge is 0.0618 e. The number of rotatable bonds is 2. The molecule has 9 unspecified atom stereocenters. The van der Waals surface area contributed by atoms with Gasteiger partial charge in [0.1, 0.15) is 0 Å². The number of allylic oxidation sites excluding steroid dienone is 2. The van der Waals surface area contributed by atoms with Crippen molar-refractivity contribution >= 4 is 0 Å². The summed E-state index contributed by atoms with van der Waals surface area (Å²) in [6.07, 6.45) is 13.8. The standard InChI is InChI=1S/C33H56O2/c1-27(2)19-23-22-11-12-25-29(5)15-14-26(34)30(6,21-35-10)24(29)13-16-33(25,9)32(22,8)18-17-31(23,7)28(3,4)20-27/h11,23-26,34H,12-21H2,1-10H3. The number of aliphatic hydroxyl groups excluding tert-OH is 1. The van der Waals surface area contributed by atoms with Crippen molar-refractivity contribution in [2.75, 3.05) is 13.7 Å². The van der Waals surface area contributed by atoms with Crippen LogP contribution in [0.4, 0.5) is 0 Å². The van der Waals surface area contributed by atoms with E-state index in [0.29, 0.717) is 45.5 Å². The minimum atomic E-state index is -0.239. The zero-order valence-electron chi connectivity index (χ0n) is 24.8. The second-order valence-corrected chi connectivity index (χ2v) is 16.7. The van der Waals surface area contributed by atoms with Crippen LogP contribution in [0.2, 0.25) is 0 Å². The van der Waals surface area contributed by atoms with Gasteiger partial charge in [-0.05, 0) is 108 Å². The molecule has 0 radical (unpaired) electrons. The molecule has 0 aromatic heterocycles. The van der Waals surface area contributed by atoms with Gasteiger partial charge in [0.15, 0.2) is 0 Å². The van der Waals surface area contributed by atoms with Gasteiger partial charge in [0, 0.05) is 12.5 Å². The molecule has 0 aliphatic heterocycles. The van der Waals surface area contributed by atoms with Crippen molar-refractivity contribution in [1.82, 2.24) is 0 Å². The van der Waals surface area contributed by atoms with Crippen molar-refractivity contribution in [3.05, 3.63) is 11.6 Å². The first-order chi connectivity index (χ1) is 16.0. The molecular weight excluding hydrogens is 428 g/mol. The number of methoxy groups -OCH3 is 1. The van der Waals surface area contributed by atoms with E-state index in [2.05, 4.69) is 68.4 Å². The molecule has 2 nitrogen and oxygen atoms in total. The Kier molecular flexibility index (Phi) is 5.72. The van der Waals surface area contributed by atoms with Gasteiger partial charge in [0.25, 0.3) is 0 Å². The van der Waals surface area contributed by atoms with E-state index < -0.39 is 0 Å². The molecule has 4 fully saturated rings. The summed E-state index contributed by atoms with van der Waals surface area (Å²) < 4.78 is 5.75. The highest BCUT2D eigenvalue weighted by Crippen LogP contribution is 2.77. The highest BCUT2D eigenvalue weighted by Gasteiger charge is 2.69. The summed E-state index contributed by atoms with van der Waals surface area (Å²) in [7, 11) is 1.82. The lowest BCUT2D eigenvalue weighted by Gasteiger charge is -2.72. The van der Waals surface area contributed by atoms with Crippen LogP contribution < -0.4 is 0 Å². The lowest BCUT2D eigenvalue weighted by Crippen LogP contribution is -2.66. The Morgan fingerprint density at radius 1 is 0.857 bits per heavy atom. The van der Waals surface area contributed by atoms with E-state index in [1.54, 1.807) is 0 Å². The maximum Gasteiger partial charge on any atom is 0.0618 e. The highest BCUT2D eigenvalue weighted by molar-refractivity contribution is 5.34. The average molecular weight is 485 g/mol. The fraction of sp³-hybridized carbons (Fsp3) is 0.939. The summed E-state index contributed by atoms with van der Waals surface area (Å²) in [6, 6.07) is 0. The van der Waals surface area contributed by atoms with Gasteiger partial charge in [-0.1, -0.05) is 74.0 Å². The predicted octanol–water partition coefficient (Wildman–Crippen LogP) is 8.43. The first-order valence-electron chi connectivity index (χ1n) is 14.9. The maximum absolute atomic E-state index is 11.2. The van der Waals surface area contributed by atoms with Crippen molar-refractivity contribution in [1.29, 1.82) is 0 Å². The van der Waals surface area contributed by atoms with Crippen LogP contribution in [-0.2, 0) is 4.74 Å². The van der Waals surface area contributed by atoms with E-state index in [1.807, 2.05) is 12.7 Å². The summed E-state index contributed by atoms with van der Waals surface area (Å²) >= 11 is 0. The topological polar surface area (TPSA) is 29.5 Å². The highest BCUT2D eigenvalue weighted by atomic mass is 16.5. The molecule has 5 aliphatic rings. The third-order valence-electron chi connectivity index (χ3n) is 14.3. The van der Waals surface area contributed by atoms with Crippen LogP contribution >= 0.6 is 0 Å². The van der Waals surface area contributed by atoms with E-state index in [9.17, 15) is 5.11 Å². The fourth-order valence-electron chi connectivity index (χ4n) is 12.0. The van der Waals surface area contributed by atoms with Gasteiger partial charge in [-0.2, -0.15) is 0 Å². The largest absolute Gasteiger partial charge is 0.392 e. The van der Waals surface area contributed by atoms with Crippen LogP contribution in [0.15, 0.2) is 11.6 Å². The molecule has 5 aliphatic carbocycles. The summed E-state index contributed by atoms with van der Waals surface area (Å²) in [6.45, 7) is 23.9. The molecule has 2 heteroatoms. The van der Waals surface area contributed by atoms with Crippen LogP contribution in [-0.4, -0.2) is 24.9 Å². The number of aliphatic hydroxyl groups is 1. The lowest BCUT2D eigenvalue weighted by atomic mass is 9.32. The van der Waals surface area contributed by atoms with Crippen molar-refractivity contribution in [3.63, 3.8) is 0 Å². The van der Waals surface area contributed by atoms with Crippen molar-refractivity contribution < 1.29 is 9.84 Å². The van der Waals surface area contributed by atoms with Crippen molar-refractivity contribution in [3.8, 4) is 0 Å². The monoisotopic (exact) mass is 484 g/mol. The zero-order valence-corrected chi connectivity index (χ0v) is 24.8. The van der Waals surface area contributed by atoms with Gasteiger partial charge in [-0.15, -0.1) is 0 Å². The average Bonchev–Trinajstić information content (AvgIpc) is 2.73. The second-order valence-electron chi connectivity index (χ2n) is 16.7. The SMILES string of the molecule is COCC1(C)C(O)CCC2(C)C1CCC1(C)C2CC=C2C3CC(C)(C)CC(C)(C)C3(C)CCC21C. The molecule has 0 saturated heterocycles. The van der Waals surface area contributed by atoms with Gasteiger partial charge in [-0.25, -0.2) is 0 Å². The van der Waals surface area contributed by atoms with Crippen LogP contribution in [0.1, 0.15) is 120 Å². The van der Waals surface area contributed by atoms with Crippen molar-refractivity contribution in [2.45, 2.75) is 126 Å². The first-order valence-corrected chi connectivity index (χ1v) is 14.9. The minimum Gasteiger partial charge on any atom is -0.392 e. The fourth-order valence-corrected chi connectivity index (χ4v) is 12.0. The number of ether oxygens (including phenoxy) is 1.